The van der Waals surface area contributed by atoms with Gasteiger partial charge in [-0.2, -0.15) is 0 Å². The third kappa shape index (κ3) is 4.16. The van der Waals surface area contributed by atoms with Crippen LogP contribution in [0.4, 0.5) is 4.79 Å². The molecule has 1 aromatic carbocycles. The van der Waals surface area contributed by atoms with Crippen LogP contribution >= 0.6 is 0 Å². The first-order chi connectivity index (χ1) is 13.2. The Morgan fingerprint density at radius 2 is 1.63 bits per heavy atom. The van der Waals surface area contributed by atoms with Crippen molar-refractivity contribution in [3.8, 4) is 11.5 Å². The number of hydrogen-bond donors (Lipinski definition) is 0. The summed E-state index contributed by atoms with van der Waals surface area (Å²) in [4.78, 5) is 23.7. The highest BCUT2D eigenvalue weighted by Crippen LogP contribution is 2.22. The maximum absolute atomic E-state index is 12.6. The van der Waals surface area contributed by atoms with Gasteiger partial charge in [-0.05, 0) is 38.3 Å². The van der Waals surface area contributed by atoms with E-state index in [0.29, 0.717) is 5.89 Å². The molecule has 2 fully saturated rings. The zero-order valence-electron chi connectivity index (χ0n) is 16.1. The lowest BCUT2D eigenvalue weighted by Crippen LogP contribution is -2.53. The number of carbonyl (C=O) groups excluding carboxylic acids is 1. The molecule has 2 aromatic rings. The number of oxazole rings is 1. The Morgan fingerprint density at radius 1 is 0.963 bits per heavy atom. The van der Waals surface area contributed by atoms with Crippen molar-refractivity contribution >= 4 is 6.03 Å². The first kappa shape index (κ1) is 18.0. The van der Waals surface area contributed by atoms with Crippen LogP contribution in [0.25, 0.3) is 11.5 Å². The van der Waals surface area contributed by atoms with Gasteiger partial charge in [-0.25, -0.2) is 9.78 Å². The molecule has 2 aliphatic heterocycles. The number of aromatic nitrogens is 1. The van der Waals surface area contributed by atoms with Crippen LogP contribution in [0.15, 0.2) is 34.7 Å². The van der Waals surface area contributed by atoms with E-state index in [4.69, 9.17) is 9.40 Å². The van der Waals surface area contributed by atoms with Gasteiger partial charge < -0.3 is 14.2 Å². The second kappa shape index (κ2) is 8.13. The summed E-state index contributed by atoms with van der Waals surface area (Å²) in [5.74, 6) is 1.56. The summed E-state index contributed by atoms with van der Waals surface area (Å²) in [6, 6.07) is 10.2. The number of aryl methyl sites for hydroxylation is 1. The number of urea groups is 1. The number of piperazine rings is 1. The van der Waals surface area contributed by atoms with Crippen LogP contribution in [-0.4, -0.2) is 65.0 Å². The Bertz CT molecular complexity index is 760. The molecule has 0 saturated carbocycles. The van der Waals surface area contributed by atoms with Crippen LogP contribution < -0.4 is 0 Å². The van der Waals surface area contributed by atoms with Crippen molar-refractivity contribution in [3.05, 3.63) is 41.8 Å². The number of nitrogens with zero attached hydrogens (tertiary/aromatic N) is 4. The van der Waals surface area contributed by atoms with E-state index in [2.05, 4.69) is 4.90 Å². The lowest BCUT2D eigenvalue weighted by molar-refractivity contribution is 0.104. The van der Waals surface area contributed by atoms with E-state index in [1.807, 2.05) is 47.1 Å². The van der Waals surface area contributed by atoms with E-state index in [0.717, 1.165) is 75.7 Å². The number of amides is 2. The molecule has 0 bridgehead atoms. The molecular formula is C21H28N4O2. The fourth-order valence-corrected chi connectivity index (χ4v) is 3.87. The van der Waals surface area contributed by atoms with Gasteiger partial charge >= 0.3 is 6.03 Å². The topological polar surface area (TPSA) is 52.8 Å². The molecule has 6 nitrogen and oxygen atoms in total. The molecule has 144 valence electrons. The minimum Gasteiger partial charge on any atom is -0.441 e. The minimum atomic E-state index is 0.221. The van der Waals surface area contributed by atoms with Gasteiger partial charge in [0.2, 0.25) is 5.89 Å². The number of rotatable bonds is 3. The molecule has 2 saturated heterocycles. The third-order valence-electron chi connectivity index (χ3n) is 5.56. The largest absolute Gasteiger partial charge is 0.441 e. The predicted octanol–water partition coefficient (Wildman–Crippen LogP) is 3.37. The molecule has 27 heavy (non-hydrogen) atoms. The van der Waals surface area contributed by atoms with Gasteiger partial charge in [0.25, 0.3) is 0 Å². The van der Waals surface area contributed by atoms with E-state index in [1.54, 1.807) is 0 Å². The van der Waals surface area contributed by atoms with Crippen LogP contribution in [0, 0.1) is 6.92 Å². The van der Waals surface area contributed by atoms with Crippen molar-refractivity contribution in [3.63, 3.8) is 0 Å². The second-order valence-electron chi connectivity index (χ2n) is 7.48. The third-order valence-corrected chi connectivity index (χ3v) is 5.56. The fraction of sp³-hybridized carbons (Fsp3) is 0.524. The molecule has 4 rings (SSSR count). The number of hydrogen-bond acceptors (Lipinski definition) is 4. The second-order valence-corrected chi connectivity index (χ2v) is 7.48. The molecule has 6 heteroatoms. The summed E-state index contributed by atoms with van der Waals surface area (Å²) < 4.78 is 5.87. The van der Waals surface area contributed by atoms with Gasteiger partial charge in [-0.15, -0.1) is 0 Å². The summed E-state index contributed by atoms with van der Waals surface area (Å²) in [6.45, 7) is 7.92. The number of carbonyl (C=O) groups is 1. The lowest BCUT2D eigenvalue weighted by atomic mass is 10.1. The highest BCUT2D eigenvalue weighted by atomic mass is 16.4. The van der Waals surface area contributed by atoms with E-state index < -0.39 is 0 Å². The molecule has 3 heterocycles. The van der Waals surface area contributed by atoms with E-state index in [1.165, 1.54) is 6.42 Å². The SMILES string of the molecule is Cc1oc(-c2ccccc2)nc1CN1CCN(C(=O)N2CCCCC2)CC1. The molecule has 0 N–H and O–H groups in total. The molecule has 0 spiro atoms. The molecule has 2 amide bonds. The Hall–Kier alpha value is -2.34. The van der Waals surface area contributed by atoms with Gasteiger partial charge in [0.15, 0.2) is 0 Å². The number of likely N-dealkylation sites (tertiary alicyclic amines) is 1. The fourth-order valence-electron chi connectivity index (χ4n) is 3.87. The predicted molar refractivity (Wildman–Crippen MR) is 104 cm³/mol. The van der Waals surface area contributed by atoms with Crippen LogP contribution in [0.1, 0.15) is 30.7 Å². The van der Waals surface area contributed by atoms with Crippen LogP contribution in [0.2, 0.25) is 0 Å². The Balaban J connectivity index is 1.33. The van der Waals surface area contributed by atoms with Gasteiger partial charge in [-0.3, -0.25) is 4.90 Å². The quantitative estimate of drug-likeness (QED) is 0.833. The molecule has 0 radical (unpaired) electrons. The normalized spacial score (nSPS) is 18.7. The molecule has 0 aliphatic carbocycles. The first-order valence-corrected chi connectivity index (χ1v) is 9.98. The molecule has 1 aromatic heterocycles. The zero-order chi connectivity index (χ0) is 18.6. The maximum atomic E-state index is 12.6. The minimum absolute atomic E-state index is 0.221. The highest BCUT2D eigenvalue weighted by molar-refractivity contribution is 5.74. The van der Waals surface area contributed by atoms with Crippen LogP contribution in [0.3, 0.4) is 0 Å². The van der Waals surface area contributed by atoms with E-state index in [-0.39, 0.29) is 6.03 Å². The first-order valence-electron chi connectivity index (χ1n) is 9.98. The molecular weight excluding hydrogens is 340 g/mol. The summed E-state index contributed by atoms with van der Waals surface area (Å²) in [7, 11) is 0. The van der Waals surface area contributed by atoms with Crippen molar-refractivity contribution in [2.75, 3.05) is 39.3 Å². The monoisotopic (exact) mass is 368 g/mol. The summed E-state index contributed by atoms with van der Waals surface area (Å²) in [5, 5.41) is 0. The smallest absolute Gasteiger partial charge is 0.320 e. The van der Waals surface area contributed by atoms with Gasteiger partial charge in [0.05, 0.1) is 5.69 Å². The van der Waals surface area contributed by atoms with Crippen molar-refractivity contribution < 1.29 is 9.21 Å². The average molecular weight is 368 g/mol. The Morgan fingerprint density at radius 3 is 2.33 bits per heavy atom. The molecule has 2 aliphatic rings. The van der Waals surface area contributed by atoms with E-state index in [9.17, 15) is 4.79 Å². The van der Waals surface area contributed by atoms with Crippen molar-refractivity contribution in [1.29, 1.82) is 0 Å². The van der Waals surface area contributed by atoms with E-state index >= 15 is 0 Å². The van der Waals surface area contributed by atoms with Crippen molar-refractivity contribution in [2.24, 2.45) is 0 Å². The molecule has 0 unspecified atom stereocenters. The van der Waals surface area contributed by atoms with Crippen LogP contribution in [-0.2, 0) is 6.54 Å². The summed E-state index contributed by atoms with van der Waals surface area (Å²) in [6.07, 6.45) is 3.53. The molecule has 0 atom stereocenters. The standard InChI is InChI=1S/C21H28N4O2/c1-17-19(22-20(27-17)18-8-4-2-5-9-18)16-23-12-14-25(15-13-23)21(26)24-10-6-3-7-11-24/h2,4-5,8-9H,3,6-7,10-16H2,1H3. The number of benzene rings is 1. The number of piperidine rings is 1. The average Bonchev–Trinajstić information content (AvgIpc) is 3.10. The summed E-state index contributed by atoms with van der Waals surface area (Å²) in [5.41, 5.74) is 1.99. The Kier molecular flexibility index (Phi) is 5.43. The summed E-state index contributed by atoms with van der Waals surface area (Å²) >= 11 is 0. The van der Waals surface area contributed by atoms with Gasteiger partial charge in [0, 0.05) is 51.4 Å². The lowest BCUT2D eigenvalue weighted by Gasteiger charge is -2.38. The van der Waals surface area contributed by atoms with Gasteiger partial charge in [-0.1, -0.05) is 18.2 Å². The zero-order valence-corrected chi connectivity index (χ0v) is 16.1. The van der Waals surface area contributed by atoms with Crippen LogP contribution in [0.5, 0.6) is 0 Å². The Labute approximate surface area is 160 Å². The van der Waals surface area contributed by atoms with Crippen molar-refractivity contribution in [1.82, 2.24) is 19.7 Å². The maximum Gasteiger partial charge on any atom is 0.320 e. The van der Waals surface area contributed by atoms with Gasteiger partial charge in [0.1, 0.15) is 5.76 Å². The van der Waals surface area contributed by atoms with Crippen molar-refractivity contribution in [2.45, 2.75) is 32.7 Å². The highest BCUT2D eigenvalue weighted by Gasteiger charge is 2.26.